The van der Waals surface area contributed by atoms with E-state index in [0.717, 1.165) is 15.1 Å². The van der Waals surface area contributed by atoms with Crippen LogP contribution >= 0.6 is 27.3 Å². The number of rotatable bonds is 8. The monoisotopic (exact) mass is 385 g/mol. The van der Waals surface area contributed by atoms with Crippen LogP contribution in [0.1, 0.15) is 6.42 Å². The van der Waals surface area contributed by atoms with E-state index in [2.05, 4.69) is 20.7 Å². The second-order valence-electron chi connectivity index (χ2n) is 3.78. The quantitative estimate of drug-likeness (QED) is 0.636. The highest BCUT2D eigenvalue weighted by molar-refractivity contribution is 9.11. The zero-order chi connectivity index (χ0) is 15.2. The second-order valence-corrected chi connectivity index (χ2v) is 8.41. The minimum absolute atomic E-state index is 0.00594. The number of hydrogen-bond donors (Lipinski definition) is 0. The highest BCUT2D eigenvalue weighted by Gasteiger charge is 2.26. The van der Waals surface area contributed by atoms with E-state index in [1.54, 1.807) is 6.07 Å². The molecule has 0 bridgehead atoms. The van der Waals surface area contributed by atoms with E-state index in [-0.39, 0.29) is 30.3 Å². The van der Waals surface area contributed by atoms with Gasteiger partial charge in [-0.2, -0.15) is 4.31 Å². The van der Waals surface area contributed by atoms with Crippen molar-refractivity contribution in [2.45, 2.75) is 10.6 Å². The number of methoxy groups -OCH3 is 2. The van der Waals surface area contributed by atoms with Gasteiger partial charge in [0.25, 0.3) is 10.0 Å². The van der Waals surface area contributed by atoms with Gasteiger partial charge in [-0.05, 0) is 28.1 Å². The lowest BCUT2D eigenvalue weighted by Crippen LogP contribution is -2.35. The van der Waals surface area contributed by atoms with Crippen molar-refractivity contribution in [2.75, 3.05) is 33.9 Å². The van der Waals surface area contributed by atoms with Gasteiger partial charge in [-0.15, -0.1) is 11.3 Å². The number of esters is 1. The van der Waals surface area contributed by atoms with Crippen LogP contribution in [-0.2, 0) is 24.3 Å². The van der Waals surface area contributed by atoms with Crippen molar-refractivity contribution in [1.29, 1.82) is 0 Å². The van der Waals surface area contributed by atoms with Crippen LogP contribution in [0, 0.1) is 0 Å². The fraction of sp³-hybridized carbons (Fsp3) is 0.545. The highest BCUT2D eigenvalue weighted by atomic mass is 79.9. The van der Waals surface area contributed by atoms with Crippen LogP contribution in [-0.4, -0.2) is 52.6 Å². The Labute approximate surface area is 130 Å². The Hall–Kier alpha value is -0.480. The maximum absolute atomic E-state index is 12.5. The topological polar surface area (TPSA) is 72.9 Å². The second kappa shape index (κ2) is 8.08. The molecule has 1 rings (SSSR count). The lowest BCUT2D eigenvalue weighted by Gasteiger charge is -2.20. The number of thiophene rings is 1. The normalized spacial score (nSPS) is 11.8. The molecule has 0 spiro atoms. The van der Waals surface area contributed by atoms with Crippen LogP contribution in [0.3, 0.4) is 0 Å². The molecule has 6 nitrogen and oxygen atoms in total. The Morgan fingerprint density at radius 1 is 1.35 bits per heavy atom. The zero-order valence-electron chi connectivity index (χ0n) is 11.2. The first-order chi connectivity index (χ1) is 9.41. The molecule has 0 unspecified atom stereocenters. The molecule has 0 radical (unpaired) electrons. The van der Waals surface area contributed by atoms with Crippen molar-refractivity contribution >= 4 is 43.3 Å². The molecule has 114 valence electrons. The van der Waals surface area contributed by atoms with Crippen LogP contribution in [0.15, 0.2) is 20.1 Å². The molecule has 0 saturated carbocycles. The smallest absolute Gasteiger partial charge is 0.306 e. The molecule has 9 heteroatoms. The summed E-state index contributed by atoms with van der Waals surface area (Å²) in [6.07, 6.45) is 0.00594. The number of halogens is 1. The van der Waals surface area contributed by atoms with E-state index >= 15 is 0 Å². The third-order valence-corrected chi connectivity index (χ3v) is 6.47. The fourth-order valence-electron chi connectivity index (χ4n) is 1.43. The number of carbonyl (C=O) groups excluding carboxylic acids is 1. The molecule has 20 heavy (non-hydrogen) atoms. The summed E-state index contributed by atoms with van der Waals surface area (Å²) in [5.74, 6) is -0.449. The van der Waals surface area contributed by atoms with Gasteiger partial charge in [0.05, 0.1) is 23.9 Å². The third-order valence-electron chi connectivity index (χ3n) is 2.48. The molecule has 0 fully saturated rings. The van der Waals surface area contributed by atoms with Crippen molar-refractivity contribution in [1.82, 2.24) is 4.31 Å². The molecule has 1 heterocycles. The number of hydrogen-bond acceptors (Lipinski definition) is 6. The minimum Gasteiger partial charge on any atom is -0.469 e. The highest BCUT2D eigenvalue weighted by Crippen LogP contribution is 2.28. The predicted molar refractivity (Wildman–Crippen MR) is 79.3 cm³/mol. The lowest BCUT2D eigenvalue weighted by molar-refractivity contribution is -0.140. The summed E-state index contributed by atoms with van der Waals surface area (Å²) in [5.41, 5.74) is 0. The average molecular weight is 386 g/mol. The van der Waals surface area contributed by atoms with Crippen molar-refractivity contribution in [3.63, 3.8) is 0 Å². The van der Waals surface area contributed by atoms with Crippen LogP contribution in [0.2, 0.25) is 0 Å². The molecule has 1 aromatic heterocycles. The average Bonchev–Trinajstić information content (AvgIpc) is 2.85. The number of nitrogens with zero attached hydrogens (tertiary/aromatic N) is 1. The maximum atomic E-state index is 12.5. The largest absolute Gasteiger partial charge is 0.469 e. The van der Waals surface area contributed by atoms with Gasteiger partial charge in [-0.3, -0.25) is 4.79 Å². The van der Waals surface area contributed by atoms with Gasteiger partial charge >= 0.3 is 5.97 Å². The van der Waals surface area contributed by atoms with Gasteiger partial charge in [0.15, 0.2) is 0 Å². The molecular weight excluding hydrogens is 370 g/mol. The fourth-order valence-corrected chi connectivity index (χ4v) is 5.02. The molecule has 0 amide bonds. The summed E-state index contributed by atoms with van der Waals surface area (Å²) in [6, 6.07) is 3.20. The number of ether oxygens (including phenoxy) is 2. The number of carbonyl (C=O) groups is 1. The minimum atomic E-state index is -3.62. The Bertz CT molecular complexity index is 543. The van der Waals surface area contributed by atoms with Gasteiger partial charge in [-0.25, -0.2) is 8.42 Å². The Morgan fingerprint density at radius 2 is 2.05 bits per heavy atom. The first kappa shape index (κ1) is 17.6. The molecule has 0 aliphatic carbocycles. The molecular formula is C11H16BrNO5S2. The Morgan fingerprint density at radius 3 is 2.55 bits per heavy atom. The van der Waals surface area contributed by atoms with Crippen LogP contribution in [0.5, 0.6) is 0 Å². The molecule has 0 N–H and O–H groups in total. The van der Waals surface area contributed by atoms with Gasteiger partial charge < -0.3 is 9.47 Å². The van der Waals surface area contributed by atoms with Crippen molar-refractivity contribution in [3.05, 3.63) is 15.9 Å². The van der Waals surface area contributed by atoms with Gasteiger partial charge in [-0.1, -0.05) is 0 Å². The van der Waals surface area contributed by atoms with E-state index in [0.29, 0.717) is 0 Å². The predicted octanol–water partition coefficient (Wildman–Crippen LogP) is 1.71. The van der Waals surface area contributed by atoms with E-state index < -0.39 is 16.0 Å². The van der Waals surface area contributed by atoms with E-state index in [9.17, 15) is 13.2 Å². The summed E-state index contributed by atoms with van der Waals surface area (Å²) < 4.78 is 36.6. The van der Waals surface area contributed by atoms with E-state index in [1.807, 2.05) is 0 Å². The molecule has 0 saturated heterocycles. The SMILES string of the molecule is COCCN(CCC(=O)OC)S(=O)(=O)c1ccc(Br)s1. The van der Waals surface area contributed by atoms with Gasteiger partial charge in [0.2, 0.25) is 0 Å². The van der Waals surface area contributed by atoms with E-state index in [4.69, 9.17) is 4.74 Å². The maximum Gasteiger partial charge on any atom is 0.306 e. The molecule has 0 atom stereocenters. The molecule has 1 aromatic rings. The molecule has 0 aromatic carbocycles. The van der Waals surface area contributed by atoms with E-state index in [1.165, 1.54) is 24.6 Å². The third kappa shape index (κ3) is 4.81. The van der Waals surface area contributed by atoms with Crippen LogP contribution in [0.25, 0.3) is 0 Å². The Balaban J connectivity index is 2.88. The summed E-state index contributed by atoms with van der Waals surface area (Å²) in [6.45, 7) is 0.506. The van der Waals surface area contributed by atoms with Gasteiger partial charge in [0, 0.05) is 20.2 Å². The summed E-state index contributed by atoms with van der Waals surface area (Å²) in [7, 11) is -0.859. The van der Waals surface area contributed by atoms with Crippen molar-refractivity contribution in [2.24, 2.45) is 0 Å². The van der Waals surface area contributed by atoms with Crippen LogP contribution in [0.4, 0.5) is 0 Å². The molecule has 0 aliphatic rings. The summed E-state index contributed by atoms with van der Waals surface area (Å²) in [4.78, 5) is 11.2. The first-order valence-electron chi connectivity index (χ1n) is 5.73. The van der Waals surface area contributed by atoms with Gasteiger partial charge in [0.1, 0.15) is 4.21 Å². The Kier molecular flexibility index (Phi) is 7.10. The standard InChI is InChI=1S/C11H16BrNO5S2/c1-17-8-7-13(6-5-10(14)18-2)20(15,16)11-4-3-9(12)19-11/h3-4H,5-8H2,1-2H3. The number of sulfonamides is 1. The lowest BCUT2D eigenvalue weighted by atomic mass is 10.4. The van der Waals surface area contributed by atoms with Crippen molar-refractivity contribution < 1.29 is 22.7 Å². The molecule has 0 aliphatic heterocycles. The van der Waals surface area contributed by atoms with Crippen LogP contribution < -0.4 is 0 Å². The summed E-state index contributed by atoms with van der Waals surface area (Å²) in [5, 5.41) is 0. The first-order valence-corrected chi connectivity index (χ1v) is 8.78. The van der Waals surface area contributed by atoms with Crippen molar-refractivity contribution in [3.8, 4) is 0 Å². The zero-order valence-corrected chi connectivity index (χ0v) is 14.4. The summed E-state index contributed by atoms with van der Waals surface area (Å²) >= 11 is 4.36.